The zero-order chi connectivity index (χ0) is 13.7. The molecule has 0 saturated carbocycles. The van der Waals surface area contributed by atoms with Gasteiger partial charge in [-0.15, -0.1) is 0 Å². The van der Waals surface area contributed by atoms with Gasteiger partial charge in [-0.05, 0) is 42.5 Å². The molecule has 0 fully saturated rings. The summed E-state index contributed by atoms with van der Waals surface area (Å²) in [5.41, 5.74) is 3.11. The van der Waals surface area contributed by atoms with Gasteiger partial charge in [0.2, 0.25) is 0 Å². The van der Waals surface area contributed by atoms with Crippen molar-refractivity contribution in [3.63, 3.8) is 0 Å². The number of aryl methyl sites for hydroxylation is 2. The first-order valence-electron chi connectivity index (χ1n) is 6.23. The molecule has 0 radical (unpaired) electrons. The number of hydrogen-bond donors (Lipinski definition) is 0. The smallest absolute Gasteiger partial charge is 0.309 e. The maximum absolute atomic E-state index is 11.3. The Morgan fingerprint density at radius 1 is 1.22 bits per heavy atom. The van der Waals surface area contributed by atoms with E-state index in [-0.39, 0.29) is 5.97 Å². The highest BCUT2D eigenvalue weighted by atomic mass is 16.5. The minimum atomic E-state index is -0.214. The number of ether oxygens (including phenoxy) is 2. The molecule has 0 spiro atoms. The fourth-order valence-electron chi connectivity index (χ4n) is 1.68. The van der Waals surface area contributed by atoms with Crippen molar-refractivity contribution in [1.82, 2.24) is 0 Å². The second kappa shape index (κ2) is 6.43. The van der Waals surface area contributed by atoms with Gasteiger partial charge in [-0.3, -0.25) is 4.79 Å². The number of methoxy groups -OCH3 is 1. The van der Waals surface area contributed by atoms with E-state index in [0.29, 0.717) is 18.9 Å². The van der Waals surface area contributed by atoms with Crippen molar-refractivity contribution in [2.75, 3.05) is 13.7 Å². The largest absolute Gasteiger partial charge is 0.493 e. The zero-order valence-electron chi connectivity index (χ0n) is 11.9. The van der Waals surface area contributed by atoms with Crippen LogP contribution in [0.5, 0.6) is 5.75 Å². The van der Waals surface area contributed by atoms with Crippen molar-refractivity contribution in [3.8, 4) is 5.75 Å². The summed E-state index contributed by atoms with van der Waals surface area (Å²) < 4.78 is 10.4. The summed E-state index contributed by atoms with van der Waals surface area (Å²) in [6.45, 7) is 8.92. The van der Waals surface area contributed by atoms with Gasteiger partial charge in [0.25, 0.3) is 0 Å². The Morgan fingerprint density at radius 3 is 2.44 bits per heavy atom. The monoisotopic (exact) mass is 250 g/mol. The summed E-state index contributed by atoms with van der Waals surface area (Å²) in [4.78, 5) is 11.3. The molecule has 0 bridgehead atoms. The molecule has 3 nitrogen and oxygen atoms in total. The van der Waals surface area contributed by atoms with E-state index in [2.05, 4.69) is 18.6 Å². The molecule has 0 aliphatic rings. The molecule has 0 aliphatic heterocycles. The minimum Gasteiger partial charge on any atom is -0.493 e. The Morgan fingerprint density at radius 2 is 1.89 bits per heavy atom. The van der Waals surface area contributed by atoms with E-state index in [1.165, 1.54) is 7.11 Å². The van der Waals surface area contributed by atoms with Gasteiger partial charge in [0.15, 0.2) is 0 Å². The highest BCUT2D eigenvalue weighted by molar-refractivity contribution is 5.73. The van der Waals surface area contributed by atoms with E-state index in [1.807, 2.05) is 26.0 Å². The minimum absolute atomic E-state index is 0.214. The molecule has 0 N–H and O–H groups in total. The normalized spacial score (nSPS) is 10.6. The van der Waals surface area contributed by atoms with Crippen molar-refractivity contribution >= 4 is 5.97 Å². The van der Waals surface area contributed by atoms with Gasteiger partial charge in [0.1, 0.15) is 5.75 Å². The van der Waals surface area contributed by atoms with E-state index in [9.17, 15) is 4.79 Å². The zero-order valence-corrected chi connectivity index (χ0v) is 11.9. The van der Waals surface area contributed by atoms with E-state index >= 15 is 0 Å². The predicted molar refractivity (Wildman–Crippen MR) is 72.0 cm³/mol. The molecule has 3 heteroatoms. The van der Waals surface area contributed by atoms with Gasteiger partial charge in [-0.1, -0.05) is 19.9 Å². The molecule has 18 heavy (non-hydrogen) atoms. The molecule has 1 rings (SSSR count). The molecule has 1 aromatic rings. The van der Waals surface area contributed by atoms with Crippen molar-refractivity contribution < 1.29 is 14.3 Å². The van der Waals surface area contributed by atoms with Crippen LogP contribution in [0.1, 0.15) is 30.5 Å². The Kier molecular flexibility index (Phi) is 5.20. The fraction of sp³-hybridized carbons (Fsp3) is 0.533. The van der Waals surface area contributed by atoms with Gasteiger partial charge >= 0.3 is 5.97 Å². The van der Waals surface area contributed by atoms with E-state index < -0.39 is 0 Å². The van der Waals surface area contributed by atoms with Crippen LogP contribution in [0.3, 0.4) is 0 Å². The Balaban J connectivity index is 2.86. The molecular weight excluding hydrogens is 228 g/mol. The van der Waals surface area contributed by atoms with E-state index in [1.54, 1.807) is 0 Å². The summed E-state index contributed by atoms with van der Waals surface area (Å²) in [5.74, 6) is 1.18. The van der Waals surface area contributed by atoms with Gasteiger partial charge in [0, 0.05) is 0 Å². The maximum atomic E-state index is 11.3. The number of esters is 1. The molecule has 0 aromatic heterocycles. The Bertz CT molecular complexity index is 422. The van der Waals surface area contributed by atoms with Crippen LogP contribution in [-0.4, -0.2) is 19.7 Å². The SMILES string of the molecule is COC(=O)Cc1cc(C)c(OCC(C)C)cc1C. The third-order valence-electron chi connectivity index (χ3n) is 2.77. The van der Waals surface area contributed by atoms with Gasteiger partial charge in [-0.2, -0.15) is 0 Å². The summed E-state index contributed by atoms with van der Waals surface area (Å²) in [7, 11) is 1.41. The first kappa shape index (κ1) is 14.6. The van der Waals surface area contributed by atoms with Crippen LogP contribution in [0.25, 0.3) is 0 Å². The molecule has 100 valence electrons. The predicted octanol–water partition coefficient (Wildman–Crippen LogP) is 3.05. The third kappa shape index (κ3) is 4.06. The van der Waals surface area contributed by atoms with Crippen LogP contribution in [-0.2, 0) is 16.0 Å². The standard InChI is InChI=1S/C15H22O3/c1-10(2)9-18-14-7-11(3)13(6-12(14)4)8-15(16)17-5/h6-7,10H,8-9H2,1-5H3. The number of hydrogen-bond acceptors (Lipinski definition) is 3. The number of rotatable bonds is 5. The van der Waals surface area contributed by atoms with E-state index in [4.69, 9.17) is 4.74 Å². The Hall–Kier alpha value is -1.51. The lowest BCUT2D eigenvalue weighted by Crippen LogP contribution is -2.08. The summed E-state index contributed by atoms with van der Waals surface area (Å²) in [6.07, 6.45) is 0.313. The molecule has 0 saturated heterocycles. The second-order valence-electron chi connectivity index (χ2n) is 5.00. The number of carbonyl (C=O) groups is 1. The van der Waals surface area contributed by atoms with E-state index in [0.717, 1.165) is 22.4 Å². The average Bonchev–Trinajstić information content (AvgIpc) is 2.31. The van der Waals surface area contributed by atoms with Crippen molar-refractivity contribution in [2.24, 2.45) is 5.92 Å². The fourth-order valence-corrected chi connectivity index (χ4v) is 1.68. The van der Waals surface area contributed by atoms with Crippen molar-refractivity contribution in [2.45, 2.75) is 34.1 Å². The van der Waals surface area contributed by atoms with Crippen LogP contribution in [0.15, 0.2) is 12.1 Å². The summed E-state index contributed by atoms with van der Waals surface area (Å²) in [5, 5.41) is 0. The maximum Gasteiger partial charge on any atom is 0.309 e. The highest BCUT2D eigenvalue weighted by Crippen LogP contribution is 2.24. The molecular formula is C15H22O3. The van der Waals surface area contributed by atoms with Gasteiger partial charge < -0.3 is 9.47 Å². The lowest BCUT2D eigenvalue weighted by molar-refractivity contribution is -0.139. The Labute approximate surface area is 109 Å². The molecule has 0 aliphatic carbocycles. The molecule has 0 atom stereocenters. The first-order valence-corrected chi connectivity index (χ1v) is 6.23. The average molecular weight is 250 g/mol. The van der Waals surface area contributed by atoms with Crippen LogP contribution in [0.4, 0.5) is 0 Å². The quantitative estimate of drug-likeness (QED) is 0.753. The van der Waals surface area contributed by atoms with Gasteiger partial charge in [-0.25, -0.2) is 0 Å². The summed E-state index contributed by atoms with van der Waals surface area (Å²) in [6, 6.07) is 4.00. The lowest BCUT2D eigenvalue weighted by atomic mass is 10.0. The topological polar surface area (TPSA) is 35.5 Å². The number of benzene rings is 1. The van der Waals surface area contributed by atoms with Gasteiger partial charge in [0.05, 0.1) is 20.1 Å². The third-order valence-corrected chi connectivity index (χ3v) is 2.77. The van der Waals surface area contributed by atoms with Crippen LogP contribution < -0.4 is 4.74 Å². The first-order chi connectivity index (χ1) is 8.43. The van der Waals surface area contributed by atoms with Crippen molar-refractivity contribution in [3.05, 3.63) is 28.8 Å². The van der Waals surface area contributed by atoms with Crippen LogP contribution >= 0.6 is 0 Å². The highest BCUT2D eigenvalue weighted by Gasteiger charge is 2.10. The van der Waals surface area contributed by atoms with Crippen molar-refractivity contribution in [1.29, 1.82) is 0 Å². The molecule has 0 heterocycles. The summed E-state index contributed by atoms with van der Waals surface area (Å²) >= 11 is 0. The second-order valence-corrected chi connectivity index (χ2v) is 5.00. The molecule has 0 unspecified atom stereocenters. The lowest BCUT2D eigenvalue weighted by Gasteiger charge is -2.14. The van der Waals surface area contributed by atoms with Crippen LogP contribution in [0.2, 0.25) is 0 Å². The van der Waals surface area contributed by atoms with Crippen LogP contribution in [0, 0.1) is 19.8 Å². The number of carbonyl (C=O) groups excluding carboxylic acids is 1. The molecule has 0 amide bonds. The molecule has 1 aromatic carbocycles.